The van der Waals surface area contributed by atoms with Crippen LogP contribution in [-0.2, 0) is 27.7 Å². The van der Waals surface area contributed by atoms with Gasteiger partial charge in [0.15, 0.2) is 11.6 Å². The summed E-state index contributed by atoms with van der Waals surface area (Å²) in [6.45, 7) is 8.12. The smallest absolute Gasteiger partial charge is 0.421 e. The molecule has 0 fully saturated rings. The zero-order valence-corrected chi connectivity index (χ0v) is 22.0. The minimum absolute atomic E-state index is 0.0739. The van der Waals surface area contributed by atoms with E-state index in [-0.39, 0.29) is 16.6 Å². The standard InChI is InChI=1S/C25H31N3O5S2/c1-5-6-12-33-25(30)27-35(31,32)24-22(15-21(34-24)13-17(2)3)20-9-7-8-19(14-20)16-28-11-10-26-23(28)18(4)29/h7-11,14-15,17H,5-6,12-13,16H2,1-4H3,(H,27,30). The quantitative estimate of drug-likeness (QED) is 0.274. The number of sulfonamides is 1. The van der Waals surface area contributed by atoms with Gasteiger partial charge in [0, 0.05) is 36.3 Å². The van der Waals surface area contributed by atoms with Crippen LogP contribution in [0.2, 0.25) is 0 Å². The number of hydrogen-bond donors (Lipinski definition) is 1. The van der Waals surface area contributed by atoms with Crippen molar-refractivity contribution in [2.45, 2.75) is 57.7 Å². The number of unbranched alkanes of at least 4 members (excludes halogenated alkanes) is 1. The van der Waals surface area contributed by atoms with Crippen LogP contribution < -0.4 is 4.72 Å². The van der Waals surface area contributed by atoms with Crippen molar-refractivity contribution in [2.75, 3.05) is 6.61 Å². The zero-order valence-electron chi connectivity index (χ0n) is 20.4. The van der Waals surface area contributed by atoms with E-state index in [1.807, 2.05) is 37.3 Å². The Morgan fingerprint density at radius 2 is 2.00 bits per heavy atom. The molecule has 0 aliphatic heterocycles. The number of imidazole rings is 1. The third-order valence-corrected chi connectivity index (χ3v) is 8.18. The van der Waals surface area contributed by atoms with Gasteiger partial charge in [0.25, 0.3) is 10.0 Å². The van der Waals surface area contributed by atoms with Crippen LogP contribution in [0.15, 0.2) is 46.9 Å². The van der Waals surface area contributed by atoms with E-state index in [0.717, 1.165) is 28.2 Å². The topological polar surface area (TPSA) is 107 Å². The Morgan fingerprint density at radius 3 is 2.69 bits per heavy atom. The maximum atomic E-state index is 13.2. The highest BCUT2D eigenvalue weighted by atomic mass is 32.2. The van der Waals surface area contributed by atoms with Crippen molar-refractivity contribution in [2.24, 2.45) is 5.92 Å². The largest absolute Gasteiger partial charge is 0.449 e. The van der Waals surface area contributed by atoms with Gasteiger partial charge in [-0.2, -0.15) is 0 Å². The highest BCUT2D eigenvalue weighted by Crippen LogP contribution is 2.36. The predicted octanol–water partition coefficient (Wildman–Crippen LogP) is 5.28. The lowest BCUT2D eigenvalue weighted by Crippen LogP contribution is -2.31. The molecular weight excluding hydrogens is 486 g/mol. The number of ether oxygens (including phenoxy) is 1. The molecular formula is C25H31N3O5S2. The first-order valence-electron chi connectivity index (χ1n) is 11.5. The van der Waals surface area contributed by atoms with Crippen molar-refractivity contribution in [3.63, 3.8) is 0 Å². The van der Waals surface area contributed by atoms with Crippen LogP contribution in [-0.4, -0.2) is 36.5 Å². The minimum atomic E-state index is -4.14. The molecule has 2 heterocycles. The van der Waals surface area contributed by atoms with Crippen LogP contribution in [0.4, 0.5) is 4.79 Å². The second kappa shape index (κ2) is 11.6. The molecule has 3 rings (SSSR count). The third-order valence-electron chi connectivity index (χ3n) is 5.17. The molecule has 188 valence electrons. The fourth-order valence-corrected chi connectivity index (χ4v) is 6.45. The summed E-state index contributed by atoms with van der Waals surface area (Å²) in [4.78, 5) is 29.0. The summed E-state index contributed by atoms with van der Waals surface area (Å²) in [5.41, 5.74) is 2.12. The van der Waals surface area contributed by atoms with Gasteiger partial charge in [0.2, 0.25) is 0 Å². The molecule has 0 aliphatic rings. The molecule has 2 aromatic heterocycles. The number of Topliss-reactive ketones (excluding diaryl/α,β-unsaturated/α-hetero) is 1. The van der Waals surface area contributed by atoms with Gasteiger partial charge >= 0.3 is 6.09 Å². The van der Waals surface area contributed by atoms with Gasteiger partial charge in [-0.1, -0.05) is 45.4 Å². The van der Waals surface area contributed by atoms with E-state index in [4.69, 9.17) is 4.74 Å². The molecule has 35 heavy (non-hydrogen) atoms. The lowest BCUT2D eigenvalue weighted by molar-refractivity contribution is 0.1000. The molecule has 0 saturated carbocycles. The molecule has 3 aromatic rings. The third kappa shape index (κ3) is 7.02. The molecule has 1 N–H and O–H groups in total. The normalized spacial score (nSPS) is 11.6. The Kier molecular flexibility index (Phi) is 8.85. The number of thiophene rings is 1. The van der Waals surface area contributed by atoms with Crippen LogP contribution in [0, 0.1) is 5.92 Å². The average Bonchev–Trinajstić information content (AvgIpc) is 3.41. The van der Waals surface area contributed by atoms with Crippen molar-refractivity contribution >= 4 is 33.2 Å². The Labute approximate surface area is 210 Å². The summed E-state index contributed by atoms with van der Waals surface area (Å²) in [6.07, 6.45) is 4.54. The molecule has 8 nitrogen and oxygen atoms in total. The molecule has 0 bridgehead atoms. The van der Waals surface area contributed by atoms with E-state index in [1.165, 1.54) is 6.92 Å². The first kappa shape index (κ1) is 26.6. The van der Waals surface area contributed by atoms with Crippen LogP contribution >= 0.6 is 11.3 Å². The number of benzene rings is 1. The summed E-state index contributed by atoms with van der Waals surface area (Å²) in [5.74, 6) is 0.563. The van der Waals surface area contributed by atoms with Gasteiger partial charge in [-0.3, -0.25) is 4.79 Å². The number of ketones is 1. The minimum Gasteiger partial charge on any atom is -0.449 e. The van der Waals surface area contributed by atoms with E-state index in [2.05, 4.69) is 23.6 Å². The lowest BCUT2D eigenvalue weighted by atomic mass is 10.0. The maximum absolute atomic E-state index is 13.2. The summed E-state index contributed by atoms with van der Waals surface area (Å²) in [7, 11) is -4.14. The van der Waals surface area contributed by atoms with Gasteiger partial charge in [-0.15, -0.1) is 11.3 Å². The molecule has 0 aliphatic carbocycles. The van der Waals surface area contributed by atoms with Gasteiger partial charge in [0.1, 0.15) is 4.21 Å². The van der Waals surface area contributed by atoms with Gasteiger partial charge in [0.05, 0.1) is 6.61 Å². The van der Waals surface area contributed by atoms with Crippen molar-refractivity contribution in [3.05, 3.63) is 59.0 Å². The van der Waals surface area contributed by atoms with E-state index in [1.54, 1.807) is 17.0 Å². The Balaban J connectivity index is 1.96. The first-order valence-corrected chi connectivity index (χ1v) is 13.8. The second-order valence-electron chi connectivity index (χ2n) is 8.74. The molecule has 0 atom stereocenters. The summed E-state index contributed by atoms with van der Waals surface area (Å²) in [5, 5.41) is 0. The SMILES string of the molecule is CCCCOC(=O)NS(=O)(=O)c1sc(CC(C)C)cc1-c1cccc(Cn2ccnc2C(C)=O)c1. The molecule has 0 spiro atoms. The number of amides is 1. The van der Waals surface area contributed by atoms with Gasteiger partial charge in [-0.25, -0.2) is 22.9 Å². The van der Waals surface area contributed by atoms with Crippen LogP contribution in [0.3, 0.4) is 0 Å². The monoisotopic (exact) mass is 517 g/mol. The number of carbonyl (C=O) groups excluding carboxylic acids is 2. The first-order chi connectivity index (χ1) is 16.6. The van der Waals surface area contributed by atoms with Crippen molar-refractivity contribution in [1.29, 1.82) is 0 Å². The Hall–Kier alpha value is -2.98. The lowest BCUT2D eigenvalue weighted by Gasteiger charge is -2.10. The maximum Gasteiger partial charge on any atom is 0.421 e. The average molecular weight is 518 g/mol. The summed E-state index contributed by atoms with van der Waals surface area (Å²) in [6, 6.07) is 9.36. The highest BCUT2D eigenvalue weighted by Gasteiger charge is 2.26. The fourth-order valence-electron chi connectivity index (χ4n) is 3.61. The number of aromatic nitrogens is 2. The Bertz CT molecular complexity index is 1290. The van der Waals surface area contributed by atoms with Gasteiger partial charge < -0.3 is 9.30 Å². The van der Waals surface area contributed by atoms with Crippen LogP contribution in [0.1, 0.15) is 61.6 Å². The number of rotatable bonds is 11. The number of nitrogens with one attached hydrogen (secondary N) is 1. The van der Waals surface area contributed by atoms with E-state index in [9.17, 15) is 18.0 Å². The molecule has 1 amide bonds. The van der Waals surface area contributed by atoms with Crippen molar-refractivity contribution in [3.8, 4) is 11.1 Å². The zero-order chi connectivity index (χ0) is 25.6. The summed E-state index contributed by atoms with van der Waals surface area (Å²) >= 11 is 1.16. The van der Waals surface area contributed by atoms with Crippen molar-refractivity contribution < 1.29 is 22.7 Å². The molecule has 0 radical (unpaired) electrons. The van der Waals surface area contributed by atoms with Crippen molar-refractivity contribution in [1.82, 2.24) is 14.3 Å². The van der Waals surface area contributed by atoms with Crippen LogP contribution in [0.25, 0.3) is 11.1 Å². The fraction of sp³-hybridized carbons (Fsp3) is 0.400. The van der Waals surface area contributed by atoms with Gasteiger partial charge in [-0.05, 0) is 42.0 Å². The molecule has 1 aromatic carbocycles. The number of carbonyl (C=O) groups is 2. The van der Waals surface area contributed by atoms with E-state index < -0.39 is 16.1 Å². The Morgan fingerprint density at radius 1 is 1.23 bits per heavy atom. The second-order valence-corrected chi connectivity index (χ2v) is 11.8. The number of hydrogen-bond acceptors (Lipinski definition) is 7. The van der Waals surface area contributed by atoms with E-state index >= 15 is 0 Å². The molecule has 0 unspecified atom stereocenters. The molecule has 10 heteroatoms. The van der Waals surface area contributed by atoms with E-state index in [0.29, 0.717) is 42.3 Å². The highest BCUT2D eigenvalue weighted by molar-refractivity contribution is 7.92. The molecule has 0 saturated heterocycles. The number of nitrogens with zero attached hydrogens (tertiary/aromatic N) is 2. The predicted molar refractivity (Wildman–Crippen MR) is 136 cm³/mol. The van der Waals surface area contributed by atoms with Crippen LogP contribution in [0.5, 0.6) is 0 Å². The summed E-state index contributed by atoms with van der Waals surface area (Å²) < 4.78 is 35.2.